The molecular weight excluding hydrogens is 388 g/mol. The Bertz CT molecular complexity index is 1200. The Kier molecular flexibility index (Phi) is 4.52. The summed E-state index contributed by atoms with van der Waals surface area (Å²) in [5, 5.41) is 12.5. The molecule has 0 aliphatic carbocycles. The molecule has 4 aromatic rings. The number of nitrogens with zero attached hydrogens (tertiary/aromatic N) is 4. The third kappa shape index (κ3) is 3.38. The van der Waals surface area contributed by atoms with Crippen LogP contribution in [-0.2, 0) is 4.79 Å². The first-order chi connectivity index (χ1) is 14.2. The van der Waals surface area contributed by atoms with Crippen LogP contribution in [0.1, 0.15) is 19.3 Å². The zero-order valence-corrected chi connectivity index (χ0v) is 16.4. The van der Waals surface area contributed by atoms with E-state index in [1.807, 2.05) is 48.5 Å². The molecule has 5 rings (SSSR count). The zero-order chi connectivity index (χ0) is 19.8. The van der Waals surface area contributed by atoms with E-state index in [1.54, 1.807) is 4.52 Å². The molecule has 3 heterocycles. The third-order valence-electron chi connectivity index (χ3n) is 5.12. The van der Waals surface area contributed by atoms with Gasteiger partial charge < -0.3 is 10.6 Å². The van der Waals surface area contributed by atoms with Gasteiger partial charge in [0.2, 0.25) is 11.9 Å². The van der Waals surface area contributed by atoms with Crippen LogP contribution in [0, 0.1) is 0 Å². The molecule has 1 aliphatic rings. The van der Waals surface area contributed by atoms with Gasteiger partial charge in [-0.3, -0.25) is 4.79 Å². The van der Waals surface area contributed by atoms with E-state index in [9.17, 15) is 4.79 Å². The number of hydrogen-bond donors (Lipinski definition) is 2. The quantitative estimate of drug-likeness (QED) is 0.542. The van der Waals surface area contributed by atoms with Crippen molar-refractivity contribution in [2.45, 2.75) is 25.3 Å². The van der Waals surface area contributed by atoms with Crippen molar-refractivity contribution >= 4 is 40.0 Å². The number of fused-ring (bicyclic) bond motifs is 3. The van der Waals surface area contributed by atoms with Gasteiger partial charge in [0.25, 0.3) is 0 Å². The fourth-order valence-electron chi connectivity index (χ4n) is 3.60. The fraction of sp³-hybridized carbons (Fsp3) is 0.238. The fourth-order valence-corrected chi connectivity index (χ4v) is 3.73. The molecule has 0 unspecified atom stereocenters. The van der Waals surface area contributed by atoms with Crippen molar-refractivity contribution in [1.82, 2.24) is 24.9 Å². The number of carbonyl (C=O) groups is 1. The predicted octanol–water partition coefficient (Wildman–Crippen LogP) is 3.68. The minimum Gasteiger partial charge on any atom is -0.354 e. The van der Waals surface area contributed by atoms with Gasteiger partial charge in [-0.2, -0.15) is 4.52 Å². The summed E-state index contributed by atoms with van der Waals surface area (Å²) in [7, 11) is 0. The summed E-state index contributed by atoms with van der Waals surface area (Å²) < 4.78 is 1.68. The first kappa shape index (κ1) is 17.9. The highest BCUT2D eigenvalue weighted by molar-refractivity contribution is 6.30. The number of halogens is 1. The van der Waals surface area contributed by atoms with E-state index in [4.69, 9.17) is 21.6 Å². The largest absolute Gasteiger partial charge is 0.354 e. The highest BCUT2D eigenvalue weighted by Gasteiger charge is 2.23. The van der Waals surface area contributed by atoms with Crippen LogP contribution in [-0.4, -0.2) is 38.1 Å². The lowest BCUT2D eigenvalue weighted by molar-refractivity contribution is -0.121. The lowest BCUT2D eigenvalue weighted by Gasteiger charge is -2.16. The molecule has 1 fully saturated rings. The number of amides is 1. The number of anilines is 1. The molecular formula is C21H19ClN6O. The van der Waals surface area contributed by atoms with Gasteiger partial charge in [-0.05, 0) is 55.7 Å². The molecule has 29 heavy (non-hydrogen) atoms. The van der Waals surface area contributed by atoms with Crippen LogP contribution in [0.15, 0.2) is 48.5 Å². The Morgan fingerprint density at radius 1 is 1.07 bits per heavy atom. The van der Waals surface area contributed by atoms with Gasteiger partial charge in [-0.1, -0.05) is 23.7 Å². The minimum absolute atomic E-state index is 0.0105. The van der Waals surface area contributed by atoms with E-state index >= 15 is 0 Å². The van der Waals surface area contributed by atoms with Crippen molar-refractivity contribution in [3.63, 3.8) is 0 Å². The Labute approximate surface area is 172 Å². The third-order valence-corrected chi connectivity index (χ3v) is 5.37. The zero-order valence-electron chi connectivity index (χ0n) is 15.6. The summed E-state index contributed by atoms with van der Waals surface area (Å²) >= 11 is 6.01. The van der Waals surface area contributed by atoms with E-state index in [1.165, 1.54) is 0 Å². The molecule has 0 saturated carbocycles. The Morgan fingerprint density at radius 3 is 2.76 bits per heavy atom. The van der Waals surface area contributed by atoms with Crippen molar-refractivity contribution in [2.24, 2.45) is 0 Å². The lowest BCUT2D eigenvalue weighted by Crippen LogP contribution is -2.38. The Morgan fingerprint density at radius 2 is 1.90 bits per heavy atom. The van der Waals surface area contributed by atoms with Crippen molar-refractivity contribution in [2.75, 3.05) is 11.9 Å². The summed E-state index contributed by atoms with van der Waals surface area (Å²) in [4.78, 5) is 21.9. The van der Waals surface area contributed by atoms with Crippen molar-refractivity contribution < 1.29 is 4.79 Å². The first-order valence-corrected chi connectivity index (χ1v) is 10.0. The maximum atomic E-state index is 12.4. The number of benzene rings is 2. The Hall–Kier alpha value is -3.19. The van der Waals surface area contributed by atoms with Crippen LogP contribution in [0.5, 0.6) is 0 Å². The van der Waals surface area contributed by atoms with Crippen LogP contribution >= 0.6 is 11.6 Å². The highest BCUT2D eigenvalue weighted by atomic mass is 35.5. The molecule has 1 amide bonds. The van der Waals surface area contributed by atoms with E-state index < -0.39 is 0 Å². The average Bonchev–Trinajstić information content (AvgIpc) is 3.09. The maximum Gasteiger partial charge on any atom is 0.242 e. The van der Waals surface area contributed by atoms with Crippen LogP contribution in [0.4, 0.5) is 5.95 Å². The maximum absolute atomic E-state index is 12.4. The van der Waals surface area contributed by atoms with Crippen molar-refractivity contribution in [3.8, 4) is 11.4 Å². The number of para-hydroxylation sites is 1. The predicted molar refractivity (Wildman–Crippen MR) is 113 cm³/mol. The molecule has 146 valence electrons. The van der Waals surface area contributed by atoms with Crippen LogP contribution in [0.25, 0.3) is 27.9 Å². The summed E-state index contributed by atoms with van der Waals surface area (Å²) in [6.07, 6.45) is 2.70. The molecule has 0 bridgehead atoms. The molecule has 1 saturated heterocycles. The summed E-state index contributed by atoms with van der Waals surface area (Å²) in [6, 6.07) is 14.8. The smallest absolute Gasteiger partial charge is 0.242 e. The number of carbonyl (C=O) groups excluding carboxylic acids is 1. The van der Waals surface area contributed by atoms with E-state index in [0.29, 0.717) is 29.0 Å². The van der Waals surface area contributed by atoms with Crippen molar-refractivity contribution in [1.29, 1.82) is 0 Å². The van der Waals surface area contributed by atoms with Gasteiger partial charge >= 0.3 is 0 Å². The molecule has 2 aromatic carbocycles. The molecule has 2 aromatic heterocycles. The van der Waals surface area contributed by atoms with E-state index in [0.717, 1.165) is 35.7 Å². The summed E-state index contributed by atoms with van der Waals surface area (Å²) in [5.74, 6) is 1.07. The number of nitrogens with one attached hydrogen (secondary N) is 2. The Balaban J connectivity index is 1.65. The molecule has 7 nitrogen and oxygen atoms in total. The van der Waals surface area contributed by atoms with Gasteiger partial charge in [-0.15, -0.1) is 5.10 Å². The van der Waals surface area contributed by atoms with Gasteiger partial charge in [0.15, 0.2) is 11.5 Å². The summed E-state index contributed by atoms with van der Waals surface area (Å²) in [6.45, 7) is 0.710. The number of aromatic nitrogens is 4. The first-order valence-electron chi connectivity index (χ1n) is 9.65. The SMILES string of the molecule is O=C1NCCCC[C@@H]1Nc1nc2ccccc2c2nc(-c3ccc(Cl)cc3)nn12. The standard InChI is InChI=1S/C21H19ClN6O/c22-14-10-8-13(9-11-14)18-26-19-15-5-1-2-6-16(15)24-21(28(19)27-18)25-17-7-3-4-12-23-20(17)29/h1-2,5-6,8-11,17H,3-4,7,12H2,(H,23,29)(H,24,25)/t17-/m0/s1. The van der Waals surface area contributed by atoms with Crippen molar-refractivity contribution in [3.05, 3.63) is 53.6 Å². The monoisotopic (exact) mass is 406 g/mol. The molecule has 2 N–H and O–H groups in total. The topological polar surface area (TPSA) is 84.2 Å². The molecule has 8 heteroatoms. The van der Waals surface area contributed by atoms with E-state index in [-0.39, 0.29) is 11.9 Å². The second-order valence-corrected chi connectivity index (χ2v) is 7.55. The highest BCUT2D eigenvalue weighted by Crippen LogP contribution is 2.25. The number of rotatable bonds is 3. The lowest BCUT2D eigenvalue weighted by atomic mass is 10.1. The molecule has 1 aliphatic heterocycles. The van der Waals surface area contributed by atoms with Crippen LogP contribution in [0.3, 0.4) is 0 Å². The molecule has 0 spiro atoms. The van der Waals surface area contributed by atoms with Gasteiger partial charge in [0.1, 0.15) is 6.04 Å². The second-order valence-electron chi connectivity index (χ2n) is 7.11. The number of hydrogen-bond acceptors (Lipinski definition) is 5. The van der Waals surface area contributed by atoms with Gasteiger partial charge in [0.05, 0.1) is 5.52 Å². The summed E-state index contributed by atoms with van der Waals surface area (Å²) in [5.41, 5.74) is 2.35. The second kappa shape index (κ2) is 7.33. The minimum atomic E-state index is -0.349. The molecule has 0 radical (unpaired) electrons. The van der Waals surface area contributed by atoms with Crippen LogP contribution in [0.2, 0.25) is 5.02 Å². The van der Waals surface area contributed by atoms with Crippen LogP contribution < -0.4 is 10.6 Å². The van der Waals surface area contributed by atoms with Gasteiger partial charge in [0, 0.05) is 22.5 Å². The van der Waals surface area contributed by atoms with E-state index in [2.05, 4.69) is 15.7 Å². The molecule has 1 atom stereocenters. The normalized spacial score (nSPS) is 17.3. The van der Waals surface area contributed by atoms with Gasteiger partial charge in [-0.25, -0.2) is 9.97 Å². The average molecular weight is 407 g/mol.